The zero-order valence-corrected chi connectivity index (χ0v) is 10.6. The van der Waals surface area contributed by atoms with Crippen LogP contribution in [-0.4, -0.2) is 12.6 Å². The summed E-state index contributed by atoms with van der Waals surface area (Å²) in [6.45, 7) is 3.73. The Balaban J connectivity index is 2.20. The van der Waals surface area contributed by atoms with Crippen LogP contribution in [0.5, 0.6) is 0 Å². The highest BCUT2D eigenvalue weighted by Crippen LogP contribution is 2.17. The zero-order chi connectivity index (χ0) is 13.0. The summed E-state index contributed by atoms with van der Waals surface area (Å²) in [5.74, 6) is -0.249. The molecule has 0 amide bonds. The van der Waals surface area contributed by atoms with E-state index in [4.69, 9.17) is 4.74 Å². The van der Waals surface area contributed by atoms with E-state index in [9.17, 15) is 4.79 Å². The lowest BCUT2D eigenvalue weighted by molar-refractivity contribution is -0.139. The molecule has 0 N–H and O–H groups in total. The van der Waals surface area contributed by atoms with Crippen molar-refractivity contribution in [2.45, 2.75) is 13.8 Å². The van der Waals surface area contributed by atoms with E-state index in [0.29, 0.717) is 6.61 Å². The van der Waals surface area contributed by atoms with Gasteiger partial charge in [0.05, 0.1) is 0 Å². The lowest BCUT2D eigenvalue weighted by Crippen LogP contribution is -2.01. The molecule has 0 radical (unpaired) electrons. The molecule has 18 heavy (non-hydrogen) atoms. The SMILES string of the molecule is CC(=O)OC/C(C)=C/c1ccc2ccccc2c1. The topological polar surface area (TPSA) is 26.3 Å². The maximum atomic E-state index is 10.7. The van der Waals surface area contributed by atoms with E-state index in [0.717, 1.165) is 11.1 Å². The maximum absolute atomic E-state index is 10.7. The van der Waals surface area contributed by atoms with Crippen LogP contribution in [0.2, 0.25) is 0 Å². The van der Waals surface area contributed by atoms with Gasteiger partial charge in [-0.05, 0) is 34.9 Å². The Kier molecular flexibility index (Phi) is 3.78. The fourth-order valence-electron chi connectivity index (χ4n) is 1.84. The van der Waals surface area contributed by atoms with Crippen LogP contribution in [0.3, 0.4) is 0 Å². The largest absolute Gasteiger partial charge is 0.461 e. The van der Waals surface area contributed by atoms with Crippen LogP contribution in [0, 0.1) is 0 Å². The third-order valence-corrected chi connectivity index (χ3v) is 2.69. The Morgan fingerprint density at radius 1 is 1.11 bits per heavy atom. The van der Waals surface area contributed by atoms with Gasteiger partial charge in [0.25, 0.3) is 0 Å². The molecule has 0 fully saturated rings. The Morgan fingerprint density at radius 3 is 2.56 bits per heavy atom. The predicted molar refractivity (Wildman–Crippen MR) is 74.2 cm³/mol. The van der Waals surface area contributed by atoms with Gasteiger partial charge in [-0.1, -0.05) is 42.5 Å². The number of carbonyl (C=O) groups is 1. The third-order valence-electron chi connectivity index (χ3n) is 2.69. The monoisotopic (exact) mass is 240 g/mol. The molecule has 0 bridgehead atoms. The summed E-state index contributed by atoms with van der Waals surface area (Å²) in [7, 11) is 0. The van der Waals surface area contributed by atoms with Crippen molar-refractivity contribution in [2.75, 3.05) is 6.61 Å². The lowest BCUT2D eigenvalue weighted by atomic mass is 10.1. The average molecular weight is 240 g/mol. The van der Waals surface area contributed by atoms with E-state index in [2.05, 4.69) is 30.3 Å². The molecule has 2 aromatic rings. The molecule has 0 aliphatic heterocycles. The molecule has 0 aliphatic carbocycles. The summed E-state index contributed by atoms with van der Waals surface area (Å²) in [5.41, 5.74) is 2.15. The van der Waals surface area contributed by atoms with Crippen LogP contribution in [-0.2, 0) is 9.53 Å². The molecule has 0 unspecified atom stereocenters. The number of carbonyl (C=O) groups excluding carboxylic acids is 1. The van der Waals surface area contributed by atoms with E-state index < -0.39 is 0 Å². The second-order valence-electron chi connectivity index (χ2n) is 4.38. The number of ether oxygens (including phenoxy) is 1. The standard InChI is InChI=1S/C16H16O2/c1-12(11-18-13(2)17)9-14-7-8-15-5-3-4-6-16(15)10-14/h3-10H,11H2,1-2H3/b12-9+. The molecular formula is C16H16O2. The Hall–Kier alpha value is -2.09. The molecule has 2 rings (SSSR count). The van der Waals surface area contributed by atoms with E-state index in [1.54, 1.807) is 0 Å². The molecule has 0 saturated carbocycles. The van der Waals surface area contributed by atoms with E-state index in [-0.39, 0.29) is 5.97 Å². The highest BCUT2D eigenvalue weighted by atomic mass is 16.5. The van der Waals surface area contributed by atoms with Crippen molar-refractivity contribution in [3.05, 3.63) is 53.6 Å². The van der Waals surface area contributed by atoms with E-state index in [1.165, 1.54) is 17.7 Å². The van der Waals surface area contributed by atoms with Crippen molar-refractivity contribution < 1.29 is 9.53 Å². The minimum atomic E-state index is -0.249. The fraction of sp³-hybridized carbons (Fsp3) is 0.188. The first-order valence-corrected chi connectivity index (χ1v) is 5.94. The van der Waals surface area contributed by atoms with Gasteiger partial charge in [-0.2, -0.15) is 0 Å². The van der Waals surface area contributed by atoms with Crippen molar-refractivity contribution >= 4 is 22.8 Å². The van der Waals surface area contributed by atoms with Crippen LogP contribution >= 0.6 is 0 Å². The summed E-state index contributed by atoms with van der Waals surface area (Å²) < 4.78 is 4.96. The van der Waals surface area contributed by atoms with Crippen molar-refractivity contribution in [1.29, 1.82) is 0 Å². The Labute approximate surface area is 107 Å². The van der Waals surface area contributed by atoms with Gasteiger partial charge in [0.1, 0.15) is 6.61 Å². The zero-order valence-electron chi connectivity index (χ0n) is 10.6. The lowest BCUT2D eigenvalue weighted by Gasteiger charge is -2.03. The number of fused-ring (bicyclic) bond motifs is 1. The van der Waals surface area contributed by atoms with Crippen LogP contribution in [0.4, 0.5) is 0 Å². The van der Waals surface area contributed by atoms with Crippen LogP contribution in [0.1, 0.15) is 19.4 Å². The molecule has 2 heteroatoms. The van der Waals surface area contributed by atoms with Gasteiger partial charge in [-0.25, -0.2) is 0 Å². The summed E-state index contributed by atoms with van der Waals surface area (Å²) in [6.07, 6.45) is 2.04. The van der Waals surface area contributed by atoms with Crippen molar-refractivity contribution in [3.63, 3.8) is 0 Å². The van der Waals surface area contributed by atoms with Gasteiger partial charge in [-0.3, -0.25) is 4.79 Å². The number of esters is 1. The molecule has 0 aromatic heterocycles. The quantitative estimate of drug-likeness (QED) is 0.763. The smallest absolute Gasteiger partial charge is 0.302 e. The van der Waals surface area contributed by atoms with E-state index in [1.807, 2.05) is 25.1 Å². The summed E-state index contributed by atoms with van der Waals surface area (Å²) in [6, 6.07) is 14.5. The van der Waals surface area contributed by atoms with Gasteiger partial charge in [0.15, 0.2) is 0 Å². The van der Waals surface area contributed by atoms with Crippen LogP contribution < -0.4 is 0 Å². The average Bonchev–Trinajstić information content (AvgIpc) is 2.36. The predicted octanol–water partition coefficient (Wildman–Crippen LogP) is 3.81. The van der Waals surface area contributed by atoms with Gasteiger partial charge < -0.3 is 4.74 Å². The minimum absolute atomic E-state index is 0.249. The van der Waals surface area contributed by atoms with Gasteiger partial charge in [-0.15, -0.1) is 0 Å². The van der Waals surface area contributed by atoms with E-state index >= 15 is 0 Å². The van der Waals surface area contributed by atoms with Crippen molar-refractivity contribution in [1.82, 2.24) is 0 Å². The first kappa shape index (κ1) is 12.4. The van der Waals surface area contributed by atoms with Gasteiger partial charge in [0, 0.05) is 6.92 Å². The molecule has 0 aliphatic rings. The number of hydrogen-bond acceptors (Lipinski definition) is 2. The van der Waals surface area contributed by atoms with Gasteiger partial charge >= 0.3 is 5.97 Å². The van der Waals surface area contributed by atoms with Crippen LogP contribution in [0.15, 0.2) is 48.0 Å². The Bertz CT molecular complexity index is 597. The summed E-state index contributed by atoms with van der Waals surface area (Å²) in [5, 5.41) is 2.44. The molecule has 0 atom stereocenters. The Morgan fingerprint density at radius 2 is 1.83 bits per heavy atom. The first-order chi connectivity index (χ1) is 8.65. The second kappa shape index (κ2) is 5.50. The maximum Gasteiger partial charge on any atom is 0.302 e. The fourth-order valence-corrected chi connectivity index (χ4v) is 1.84. The first-order valence-electron chi connectivity index (χ1n) is 5.94. The molecule has 92 valence electrons. The molecule has 0 saturated heterocycles. The van der Waals surface area contributed by atoms with Gasteiger partial charge in [0.2, 0.25) is 0 Å². The molecule has 2 nitrogen and oxygen atoms in total. The number of rotatable bonds is 3. The summed E-state index contributed by atoms with van der Waals surface area (Å²) >= 11 is 0. The summed E-state index contributed by atoms with van der Waals surface area (Å²) in [4.78, 5) is 10.7. The normalized spacial score (nSPS) is 11.6. The molecular weight excluding hydrogens is 224 g/mol. The highest BCUT2D eigenvalue weighted by Gasteiger charge is 1.97. The minimum Gasteiger partial charge on any atom is -0.461 e. The third kappa shape index (κ3) is 3.20. The van der Waals surface area contributed by atoms with Crippen molar-refractivity contribution in [2.24, 2.45) is 0 Å². The van der Waals surface area contributed by atoms with Crippen molar-refractivity contribution in [3.8, 4) is 0 Å². The molecule has 0 spiro atoms. The van der Waals surface area contributed by atoms with Crippen LogP contribution in [0.25, 0.3) is 16.8 Å². The molecule has 2 aromatic carbocycles. The number of benzene rings is 2. The highest BCUT2D eigenvalue weighted by molar-refractivity contribution is 5.84. The number of hydrogen-bond donors (Lipinski definition) is 0. The second-order valence-corrected chi connectivity index (χ2v) is 4.38. The molecule has 0 heterocycles.